The molecular formula is C9H14N2O3. The SMILES string of the molecule is CC(C)(C)C1(C)C(=O)NC(=O)NC1=O. The Balaban J connectivity index is 3.15. The second-order valence-electron chi connectivity index (χ2n) is 4.61. The zero-order valence-corrected chi connectivity index (χ0v) is 8.72. The summed E-state index contributed by atoms with van der Waals surface area (Å²) >= 11 is 0. The minimum absolute atomic E-state index is 0.540. The van der Waals surface area contributed by atoms with Crippen LogP contribution < -0.4 is 10.6 Å². The number of nitrogens with one attached hydrogen (secondary N) is 2. The molecule has 5 heteroatoms. The topological polar surface area (TPSA) is 75.3 Å². The molecule has 1 saturated heterocycles. The van der Waals surface area contributed by atoms with Crippen molar-refractivity contribution in [2.45, 2.75) is 27.7 Å². The molecule has 0 aliphatic carbocycles. The van der Waals surface area contributed by atoms with Crippen LogP contribution in [0.3, 0.4) is 0 Å². The highest BCUT2D eigenvalue weighted by Crippen LogP contribution is 2.39. The van der Waals surface area contributed by atoms with Gasteiger partial charge in [0, 0.05) is 0 Å². The van der Waals surface area contributed by atoms with E-state index in [2.05, 4.69) is 10.6 Å². The Bertz CT molecular complexity index is 295. The van der Waals surface area contributed by atoms with Gasteiger partial charge in [-0.05, 0) is 12.3 Å². The van der Waals surface area contributed by atoms with Crippen LogP contribution in [0, 0.1) is 10.8 Å². The lowest BCUT2D eigenvalue weighted by Crippen LogP contribution is -2.65. The van der Waals surface area contributed by atoms with Gasteiger partial charge in [-0.15, -0.1) is 0 Å². The maximum atomic E-state index is 11.6. The maximum Gasteiger partial charge on any atom is 0.328 e. The van der Waals surface area contributed by atoms with Crippen molar-refractivity contribution in [3.05, 3.63) is 0 Å². The third kappa shape index (κ3) is 1.29. The van der Waals surface area contributed by atoms with Crippen molar-refractivity contribution >= 4 is 17.8 Å². The lowest BCUT2D eigenvalue weighted by atomic mass is 9.66. The number of urea groups is 1. The van der Waals surface area contributed by atoms with E-state index in [0.29, 0.717) is 0 Å². The van der Waals surface area contributed by atoms with Crippen molar-refractivity contribution in [3.8, 4) is 0 Å². The highest BCUT2D eigenvalue weighted by atomic mass is 16.2. The average Bonchev–Trinajstić information content (AvgIpc) is 1.97. The average molecular weight is 198 g/mol. The van der Waals surface area contributed by atoms with E-state index in [4.69, 9.17) is 0 Å². The molecule has 1 fully saturated rings. The standard InChI is InChI=1S/C9H14N2O3/c1-8(2,3)9(4)5(12)10-7(14)11-6(9)13/h1-4H3,(H2,10,11,12,13,14). The summed E-state index contributed by atoms with van der Waals surface area (Å²) in [6.07, 6.45) is 0. The van der Waals surface area contributed by atoms with Crippen LogP contribution in [0.5, 0.6) is 0 Å². The van der Waals surface area contributed by atoms with Gasteiger partial charge in [0.05, 0.1) is 0 Å². The predicted octanol–water partition coefficient (Wildman–Crippen LogP) is 0.405. The first-order valence-corrected chi connectivity index (χ1v) is 4.36. The largest absolute Gasteiger partial charge is 0.328 e. The van der Waals surface area contributed by atoms with Crippen LogP contribution in [0.2, 0.25) is 0 Å². The molecule has 14 heavy (non-hydrogen) atoms. The summed E-state index contributed by atoms with van der Waals surface area (Å²) in [7, 11) is 0. The summed E-state index contributed by atoms with van der Waals surface area (Å²) in [6, 6.07) is -0.748. The summed E-state index contributed by atoms with van der Waals surface area (Å²) in [5.41, 5.74) is -1.75. The highest BCUT2D eigenvalue weighted by Gasteiger charge is 2.54. The molecule has 5 nitrogen and oxygen atoms in total. The second kappa shape index (κ2) is 2.80. The predicted molar refractivity (Wildman–Crippen MR) is 49.2 cm³/mol. The third-order valence-corrected chi connectivity index (χ3v) is 2.86. The number of hydrogen-bond acceptors (Lipinski definition) is 3. The number of rotatable bonds is 0. The van der Waals surface area contributed by atoms with Crippen LogP contribution in [-0.2, 0) is 9.59 Å². The van der Waals surface area contributed by atoms with Gasteiger partial charge in [0.25, 0.3) is 0 Å². The van der Waals surface area contributed by atoms with Crippen molar-refractivity contribution in [3.63, 3.8) is 0 Å². The van der Waals surface area contributed by atoms with Crippen LogP contribution in [0.15, 0.2) is 0 Å². The maximum absolute atomic E-state index is 11.6. The lowest BCUT2D eigenvalue weighted by Gasteiger charge is -2.40. The normalized spacial score (nSPS) is 21.6. The molecule has 0 bridgehead atoms. The molecule has 0 aromatic heterocycles. The quantitative estimate of drug-likeness (QED) is 0.553. The van der Waals surface area contributed by atoms with Crippen molar-refractivity contribution in [1.29, 1.82) is 0 Å². The van der Waals surface area contributed by atoms with Crippen LogP contribution in [0.1, 0.15) is 27.7 Å². The molecule has 2 N–H and O–H groups in total. The fourth-order valence-corrected chi connectivity index (χ4v) is 1.27. The fourth-order valence-electron chi connectivity index (χ4n) is 1.27. The highest BCUT2D eigenvalue weighted by molar-refractivity contribution is 6.19. The van der Waals surface area contributed by atoms with Gasteiger partial charge >= 0.3 is 6.03 Å². The number of carbonyl (C=O) groups excluding carboxylic acids is 3. The van der Waals surface area contributed by atoms with Crippen LogP contribution in [0.4, 0.5) is 4.79 Å². The molecule has 0 aromatic rings. The summed E-state index contributed by atoms with van der Waals surface area (Å²) in [5, 5.41) is 4.19. The molecule has 0 saturated carbocycles. The number of hydrogen-bond donors (Lipinski definition) is 2. The molecule has 0 spiro atoms. The molecule has 1 aliphatic heterocycles. The Labute approximate surface area is 82.2 Å². The Hall–Kier alpha value is -1.39. The Morgan fingerprint density at radius 3 is 1.64 bits per heavy atom. The molecular weight excluding hydrogens is 184 g/mol. The van der Waals surface area contributed by atoms with E-state index in [1.165, 1.54) is 6.92 Å². The van der Waals surface area contributed by atoms with Gasteiger partial charge in [-0.3, -0.25) is 20.2 Å². The molecule has 1 heterocycles. The van der Waals surface area contributed by atoms with E-state index < -0.39 is 28.7 Å². The van der Waals surface area contributed by atoms with E-state index in [0.717, 1.165) is 0 Å². The lowest BCUT2D eigenvalue weighted by molar-refractivity contribution is -0.150. The summed E-state index contributed by atoms with van der Waals surface area (Å²) in [5.74, 6) is -1.09. The summed E-state index contributed by atoms with van der Waals surface area (Å²) in [6.45, 7) is 6.87. The van der Waals surface area contributed by atoms with Crippen molar-refractivity contribution in [2.24, 2.45) is 10.8 Å². The Morgan fingerprint density at radius 1 is 1.00 bits per heavy atom. The van der Waals surface area contributed by atoms with Gasteiger partial charge in [-0.25, -0.2) is 4.79 Å². The van der Waals surface area contributed by atoms with Crippen LogP contribution >= 0.6 is 0 Å². The number of imide groups is 2. The monoisotopic (exact) mass is 198 g/mol. The Morgan fingerprint density at radius 2 is 1.36 bits per heavy atom. The van der Waals surface area contributed by atoms with Gasteiger partial charge in [-0.1, -0.05) is 20.8 Å². The molecule has 78 valence electrons. The van der Waals surface area contributed by atoms with Gasteiger partial charge in [0.15, 0.2) is 0 Å². The van der Waals surface area contributed by atoms with Crippen molar-refractivity contribution < 1.29 is 14.4 Å². The zero-order chi connectivity index (χ0) is 11.1. The first-order valence-electron chi connectivity index (χ1n) is 4.36. The molecule has 0 atom stereocenters. The van der Waals surface area contributed by atoms with Crippen molar-refractivity contribution in [1.82, 2.24) is 10.6 Å². The first-order chi connectivity index (χ1) is 6.19. The molecule has 1 aliphatic rings. The minimum Gasteiger partial charge on any atom is -0.277 e. The number of barbiturate groups is 1. The van der Waals surface area contributed by atoms with E-state index in [1.807, 2.05) is 0 Å². The van der Waals surface area contributed by atoms with Gasteiger partial charge in [-0.2, -0.15) is 0 Å². The molecule has 1 rings (SSSR count). The van der Waals surface area contributed by atoms with E-state index in [9.17, 15) is 14.4 Å². The van der Waals surface area contributed by atoms with Crippen molar-refractivity contribution in [2.75, 3.05) is 0 Å². The number of carbonyl (C=O) groups is 3. The smallest absolute Gasteiger partial charge is 0.277 e. The third-order valence-electron chi connectivity index (χ3n) is 2.86. The molecule has 4 amide bonds. The zero-order valence-electron chi connectivity index (χ0n) is 8.72. The minimum atomic E-state index is -1.21. The summed E-state index contributed by atoms with van der Waals surface area (Å²) < 4.78 is 0. The van der Waals surface area contributed by atoms with E-state index >= 15 is 0 Å². The first kappa shape index (κ1) is 10.7. The van der Waals surface area contributed by atoms with Gasteiger partial charge in [0.1, 0.15) is 5.41 Å². The fraction of sp³-hybridized carbons (Fsp3) is 0.667. The second-order valence-corrected chi connectivity index (χ2v) is 4.61. The van der Waals surface area contributed by atoms with Crippen LogP contribution in [-0.4, -0.2) is 17.8 Å². The molecule has 0 unspecified atom stereocenters. The Kier molecular flexibility index (Phi) is 2.14. The van der Waals surface area contributed by atoms with Gasteiger partial charge < -0.3 is 0 Å². The molecule has 0 radical (unpaired) electrons. The number of amides is 4. The van der Waals surface area contributed by atoms with E-state index in [1.54, 1.807) is 20.8 Å². The molecule has 0 aromatic carbocycles. The summed E-state index contributed by atoms with van der Waals surface area (Å²) in [4.78, 5) is 34.0. The van der Waals surface area contributed by atoms with Gasteiger partial charge in [0.2, 0.25) is 11.8 Å². The van der Waals surface area contributed by atoms with E-state index in [-0.39, 0.29) is 0 Å². The van der Waals surface area contributed by atoms with Crippen LogP contribution in [0.25, 0.3) is 0 Å².